The second kappa shape index (κ2) is 5.32. The van der Waals surface area contributed by atoms with Gasteiger partial charge in [-0.1, -0.05) is 42.0 Å². The van der Waals surface area contributed by atoms with Crippen molar-refractivity contribution in [2.75, 3.05) is 0 Å². The van der Waals surface area contributed by atoms with Crippen molar-refractivity contribution in [3.63, 3.8) is 0 Å². The summed E-state index contributed by atoms with van der Waals surface area (Å²) < 4.78 is 2.03. The molecule has 2 heterocycles. The van der Waals surface area contributed by atoms with Crippen molar-refractivity contribution in [3.8, 4) is 0 Å². The van der Waals surface area contributed by atoms with Crippen molar-refractivity contribution >= 4 is 23.3 Å². The van der Waals surface area contributed by atoms with Gasteiger partial charge in [-0.05, 0) is 30.7 Å². The maximum atomic E-state index is 12.4. The van der Waals surface area contributed by atoms with Crippen molar-refractivity contribution in [1.29, 1.82) is 0 Å². The van der Waals surface area contributed by atoms with E-state index in [4.69, 9.17) is 11.6 Å². The molecule has 1 aromatic heterocycles. The van der Waals surface area contributed by atoms with Crippen LogP contribution in [0, 0.1) is 6.92 Å². The van der Waals surface area contributed by atoms with Crippen LogP contribution in [-0.2, 0) is 6.42 Å². The average molecular weight is 324 g/mol. The smallest absolute Gasteiger partial charge is 0.278 e. The van der Waals surface area contributed by atoms with Crippen LogP contribution >= 0.6 is 11.6 Å². The highest BCUT2D eigenvalue weighted by atomic mass is 35.5. The lowest BCUT2D eigenvalue weighted by atomic mass is 10.0. The van der Waals surface area contributed by atoms with Crippen LogP contribution in [0.3, 0.4) is 0 Å². The molecule has 5 heteroatoms. The molecule has 1 unspecified atom stereocenters. The number of nitrogens with zero attached hydrogens (tertiary/aromatic N) is 3. The summed E-state index contributed by atoms with van der Waals surface area (Å²) in [4.78, 5) is 21.1. The zero-order valence-electron chi connectivity index (χ0n) is 12.5. The van der Waals surface area contributed by atoms with Gasteiger partial charge in [0.1, 0.15) is 0 Å². The second-order valence-electron chi connectivity index (χ2n) is 5.68. The molecule has 0 saturated heterocycles. The van der Waals surface area contributed by atoms with Gasteiger partial charge in [-0.2, -0.15) is 4.98 Å². The number of aromatic nitrogens is 2. The van der Waals surface area contributed by atoms with Crippen LogP contribution in [0.25, 0.3) is 0 Å². The molecule has 0 radical (unpaired) electrons. The molecule has 114 valence electrons. The Kier molecular flexibility index (Phi) is 3.27. The molecule has 4 rings (SSSR count). The van der Waals surface area contributed by atoms with Gasteiger partial charge in [0.15, 0.2) is 0 Å². The van der Waals surface area contributed by atoms with Crippen LogP contribution in [0.1, 0.15) is 22.9 Å². The lowest BCUT2D eigenvalue weighted by Gasteiger charge is -2.18. The zero-order valence-corrected chi connectivity index (χ0v) is 13.3. The highest BCUT2D eigenvalue weighted by Gasteiger charge is 2.28. The van der Waals surface area contributed by atoms with Gasteiger partial charge in [0, 0.05) is 22.7 Å². The van der Waals surface area contributed by atoms with E-state index in [0.29, 0.717) is 23.0 Å². The van der Waals surface area contributed by atoms with Crippen LogP contribution in [-0.4, -0.2) is 15.3 Å². The first kappa shape index (κ1) is 14.2. The van der Waals surface area contributed by atoms with Crippen LogP contribution in [0.2, 0.25) is 5.02 Å². The third kappa shape index (κ3) is 2.35. The number of fused-ring (bicyclic) bond motifs is 3. The molecule has 1 aliphatic heterocycles. The summed E-state index contributed by atoms with van der Waals surface area (Å²) in [6, 6.07) is 7.57. The van der Waals surface area contributed by atoms with Gasteiger partial charge in [-0.3, -0.25) is 4.79 Å². The molecule has 23 heavy (non-hydrogen) atoms. The summed E-state index contributed by atoms with van der Waals surface area (Å²) in [6.07, 6.45) is 8.51. The highest BCUT2D eigenvalue weighted by molar-refractivity contribution is 6.30. The lowest BCUT2D eigenvalue weighted by molar-refractivity contribution is 0.720. The molecule has 0 bridgehead atoms. The number of hydrogen-bond acceptors (Lipinski definition) is 3. The van der Waals surface area contributed by atoms with Crippen molar-refractivity contribution in [3.05, 3.63) is 80.8 Å². The Morgan fingerprint density at radius 3 is 2.78 bits per heavy atom. The average Bonchev–Trinajstić information content (AvgIpc) is 2.91. The molecule has 2 aliphatic rings. The number of allylic oxidation sites excluding steroid dienone is 4. The van der Waals surface area contributed by atoms with Gasteiger partial charge in [-0.15, -0.1) is 0 Å². The van der Waals surface area contributed by atoms with E-state index in [0.717, 1.165) is 17.0 Å². The third-order valence-electron chi connectivity index (χ3n) is 4.25. The normalized spacial score (nSPS) is 17.8. The first-order valence-corrected chi connectivity index (χ1v) is 7.81. The van der Waals surface area contributed by atoms with E-state index in [1.807, 2.05) is 54.0 Å². The minimum Gasteiger partial charge on any atom is -0.301 e. The summed E-state index contributed by atoms with van der Waals surface area (Å²) in [7, 11) is 0. The topological polar surface area (TPSA) is 47.2 Å². The molecule has 0 N–H and O–H groups in total. The van der Waals surface area contributed by atoms with E-state index < -0.39 is 0 Å². The van der Waals surface area contributed by atoms with Crippen molar-refractivity contribution < 1.29 is 0 Å². The molecular weight excluding hydrogens is 310 g/mol. The van der Waals surface area contributed by atoms with Gasteiger partial charge >= 0.3 is 0 Å². The summed E-state index contributed by atoms with van der Waals surface area (Å²) in [5, 5.41) is 0.687. The molecule has 4 nitrogen and oxygen atoms in total. The van der Waals surface area contributed by atoms with E-state index in [1.54, 1.807) is 0 Å². The van der Waals surface area contributed by atoms with Crippen LogP contribution < -0.4 is 5.56 Å². The quantitative estimate of drug-likeness (QED) is 0.848. The highest BCUT2D eigenvalue weighted by Crippen LogP contribution is 2.31. The number of hydrogen-bond donors (Lipinski definition) is 0. The standard InChI is InChI=1S/C18H14ClN3O/c1-11-14(10-12-6-8-13(19)9-7-12)17(23)21-18-20-15-4-2-3-5-16(15)22(11)18/h2-9,16H,10H2,1H3. The number of benzene rings is 1. The fraction of sp³-hybridized carbons (Fsp3) is 0.167. The van der Waals surface area contributed by atoms with Crippen LogP contribution in [0.4, 0.5) is 5.95 Å². The minimum absolute atomic E-state index is 0.0343. The fourth-order valence-corrected chi connectivity index (χ4v) is 3.17. The van der Waals surface area contributed by atoms with Crippen LogP contribution in [0.15, 0.2) is 58.4 Å². The number of rotatable bonds is 2. The molecule has 1 atom stereocenters. The van der Waals surface area contributed by atoms with Crippen molar-refractivity contribution in [2.45, 2.75) is 19.4 Å². The van der Waals surface area contributed by atoms with Crippen LogP contribution in [0.5, 0.6) is 0 Å². The first-order valence-electron chi connectivity index (χ1n) is 7.43. The van der Waals surface area contributed by atoms with Crippen molar-refractivity contribution in [1.82, 2.24) is 9.55 Å². The van der Waals surface area contributed by atoms with Gasteiger partial charge in [0.2, 0.25) is 5.95 Å². The van der Waals surface area contributed by atoms with E-state index in [9.17, 15) is 4.79 Å². The maximum absolute atomic E-state index is 12.4. The Balaban J connectivity index is 1.79. The Morgan fingerprint density at radius 2 is 2.00 bits per heavy atom. The minimum atomic E-state index is -0.209. The van der Waals surface area contributed by atoms with E-state index in [1.165, 1.54) is 0 Å². The second-order valence-corrected chi connectivity index (χ2v) is 6.12. The maximum Gasteiger partial charge on any atom is 0.278 e. The number of halogens is 1. The Bertz CT molecular complexity index is 936. The predicted octanol–water partition coefficient (Wildman–Crippen LogP) is 3.55. The van der Waals surface area contributed by atoms with Gasteiger partial charge < -0.3 is 4.57 Å². The fourth-order valence-electron chi connectivity index (χ4n) is 3.04. The first-order chi connectivity index (χ1) is 11.1. The SMILES string of the molecule is Cc1c(Cc2ccc(Cl)cc2)c(=O)nc2n1C1C=CC=CC1=N2. The largest absolute Gasteiger partial charge is 0.301 e. The monoisotopic (exact) mass is 323 g/mol. The Labute approximate surface area is 138 Å². The van der Waals surface area contributed by atoms with E-state index in [-0.39, 0.29) is 11.6 Å². The summed E-state index contributed by atoms with van der Waals surface area (Å²) in [5.74, 6) is 0.489. The predicted molar refractivity (Wildman–Crippen MR) is 91.9 cm³/mol. The third-order valence-corrected chi connectivity index (χ3v) is 4.50. The summed E-state index contributed by atoms with van der Waals surface area (Å²) in [6.45, 7) is 1.96. The van der Waals surface area contributed by atoms with Gasteiger partial charge in [0.05, 0.1) is 11.8 Å². The van der Waals surface area contributed by atoms with Gasteiger partial charge in [-0.25, -0.2) is 4.99 Å². The molecule has 1 aromatic carbocycles. The van der Waals surface area contributed by atoms with E-state index in [2.05, 4.69) is 16.1 Å². The van der Waals surface area contributed by atoms with Crippen molar-refractivity contribution in [2.24, 2.45) is 4.99 Å². The molecule has 0 amide bonds. The molecule has 0 saturated carbocycles. The van der Waals surface area contributed by atoms with E-state index >= 15 is 0 Å². The number of aliphatic imine (C=N–C) groups is 1. The molecule has 2 aromatic rings. The molecule has 1 aliphatic carbocycles. The lowest BCUT2D eigenvalue weighted by Crippen LogP contribution is -2.23. The van der Waals surface area contributed by atoms with Gasteiger partial charge in [0.25, 0.3) is 5.56 Å². The molecule has 0 spiro atoms. The Morgan fingerprint density at radius 1 is 1.22 bits per heavy atom. The Hall–Kier alpha value is -2.46. The summed E-state index contributed by atoms with van der Waals surface area (Å²) >= 11 is 5.92. The molecular formula is C18H14ClN3O. The summed E-state index contributed by atoms with van der Waals surface area (Å²) in [5.41, 5.74) is 3.37. The zero-order chi connectivity index (χ0) is 16.0. The molecule has 0 fully saturated rings.